The standard InChI is InChI=1S/C10H14O/c1-4-10(2)8-6-5-7-9-11-3/h4-5,7-9H,1-3H3/b9-7+,10-4-. The van der Waals surface area contributed by atoms with Gasteiger partial charge < -0.3 is 4.74 Å². The average Bonchev–Trinajstić information content (AvgIpc) is 2.04. The molecule has 0 rings (SSSR count). The minimum atomic E-state index is 1.20. The fourth-order valence-corrected chi connectivity index (χ4v) is 0.436. The van der Waals surface area contributed by atoms with Crippen molar-refractivity contribution in [2.24, 2.45) is 0 Å². The maximum Gasteiger partial charge on any atom is 0.0830 e. The van der Waals surface area contributed by atoms with Crippen LogP contribution in [0.25, 0.3) is 0 Å². The first-order valence-electron chi connectivity index (χ1n) is 3.54. The molecule has 0 amide bonds. The van der Waals surface area contributed by atoms with Crippen molar-refractivity contribution >= 4 is 0 Å². The average molecular weight is 150 g/mol. The number of ether oxygens (including phenoxy) is 1. The maximum absolute atomic E-state index is 4.69. The molecule has 0 aliphatic carbocycles. The SMILES string of the molecule is C/C=C(/C)C=C=C/C=C/OC. The number of hydrogen-bond acceptors (Lipinski definition) is 1. The molecule has 0 N–H and O–H groups in total. The Labute approximate surface area is 68.4 Å². The molecule has 0 aliphatic rings. The molecule has 0 heterocycles. The summed E-state index contributed by atoms with van der Waals surface area (Å²) in [7, 11) is 1.62. The molecular formula is C10H14O. The van der Waals surface area contributed by atoms with Crippen molar-refractivity contribution in [3.8, 4) is 0 Å². The molecule has 0 saturated heterocycles. The second-order valence-electron chi connectivity index (χ2n) is 2.07. The molecule has 0 aliphatic heterocycles. The Bertz CT molecular complexity index is 203. The zero-order chi connectivity index (χ0) is 8.53. The fourth-order valence-electron chi connectivity index (χ4n) is 0.436. The van der Waals surface area contributed by atoms with Gasteiger partial charge in [0, 0.05) is 0 Å². The van der Waals surface area contributed by atoms with Gasteiger partial charge in [0.2, 0.25) is 0 Å². The zero-order valence-electron chi connectivity index (χ0n) is 7.29. The lowest BCUT2D eigenvalue weighted by Gasteiger charge is -1.81. The zero-order valence-corrected chi connectivity index (χ0v) is 7.29. The van der Waals surface area contributed by atoms with Crippen LogP contribution in [0.3, 0.4) is 0 Å². The van der Waals surface area contributed by atoms with Crippen molar-refractivity contribution in [3.63, 3.8) is 0 Å². The highest BCUT2D eigenvalue weighted by atomic mass is 16.5. The van der Waals surface area contributed by atoms with Crippen LogP contribution in [0.2, 0.25) is 0 Å². The van der Waals surface area contributed by atoms with Crippen molar-refractivity contribution in [1.29, 1.82) is 0 Å². The molecule has 0 spiro atoms. The first-order valence-corrected chi connectivity index (χ1v) is 3.54. The third kappa shape index (κ3) is 6.69. The molecule has 60 valence electrons. The third-order valence-electron chi connectivity index (χ3n) is 1.17. The van der Waals surface area contributed by atoms with Gasteiger partial charge in [-0.25, -0.2) is 0 Å². The molecular weight excluding hydrogens is 136 g/mol. The Hall–Kier alpha value is -1.20. The van der Waals surface area contributed by atoms with Crippen LogP contribution < -0.4 is 0 Å². The summed E-state index contributed by atoms with van der Waals surface area (Å²) >= 11 is 0. The van der Waals surface area contributed by atoms with Gasteiger partial charge in [0.25, 0.3) is 0 Å². The van der Waals surface area contributed by atoms with E-state index in [4.69, 9.17) is 4.74 Å². The minimum Gasteiger partial charge on any atom is -0.504 e. The summed E-state index contributed by atoms with van der Waals surface area (Å²) in [6, 6.07) is 0. The number of allylic oxidation sites excluding steroid dienone is 4. The van der Waals surface area contributed by atoms with Crippen LogP contribution >= 0.6 is 0 Å². The fraction of sp³-hybridized carbons (Fsp3) is 0.300. The van der Waals surface area contributed by atoms with E-state index < -0.39 is 0 Å². The first-order chi connectivity index (χ1) is 5.31. The molecule has 0 saturated carbocycles. The number of rotatable bonds is 3. The second kappa shape index (κ2) is 6.91. The van der Waals surface area contributed by atoms with Crippen molar-refractivity contribution in [2.45, 2.75) is 13.8 Å². The smallest absolute Gasteiger partial charge is 0.0830 e. The van der Waals surface area contributed by atoms with Crippen LogP contribution in [-0.4, -0.2) is 7.11 Å². The van der Waals surface area contributed by atoms with Gasteiger partial charge in [-0.3, -0.25) is 0 Å². The van der Waals surface area contributed by atoms with Gasteiger partial charge in [0.15, 0.2) is 0 Å². The summed E-state index contributed by atoms with van der Waals surface area (Å²) in [5, 5.41) is 0. The third-order valence-corrected chi connectivity index (χ3v) is 1.17. The normalized spacial score (nSPS) is 11.0. The topological polar surface area (TPSA) is 9.23 Å². The highest BCUT2D eigenvalue weighted by Crippen LogP contribution is 1.90. The Kier molecular flexibility index (Phi) is 6.16. The number of hydrogen-bond donors (Lipinski definition) is 0. The predicted octanol–water partition coefficient (Wildman–Crippen LogP) is 2.82. The lowest BCUT2D eigenvalue weighted by molar-refractivity contribution is 0.338. The van der Waals surface area contributed by atoms with Gasteiger partial charge in [-0.15, -0.1) is 5.73 Å². The van der Waals surface area contributed by atoms with Gasteiger partial charge in [-0.1, -0.05) is 6.08 Å². The quantitative estimate of drug-likeness (QED) is 0.341. The summed E-state index contributed by atoms with van der Waals surface area (Å²) < 4.78 is 4.69. The van der Waals surface area contributed by atoms with E-state index in [1.54, 1.807) is 25.5 Å². The summed E-state index contributed by atoms with van der Waals surface area (Å²) in [6.45, 7) is 4.03. The summed E-state index contributed by atoms with van der Waals surface area (Å²) in [4.78, 5) is 0. The van der Waals surface area contributed by atoms with Crippen LogP contribution in [-0.2, 0) is 4.74 Å². The highest BCUT2D eigenvalue weighted by Gasteiger charge is 1.70. The van der Waals surface area contributed by atoms with Crippen molar-refractivity contribution in [1.82, 2.24) is 0 Å². The van der Waals surface area contributed by atoms with Gasteiger partial charge in [0.05, 0.1) is 13.4 Å². The van der Waals surface area contributed by atoms with Crippen LogP contribution in [0, 0.1) is 0 Å². The van der Waals surface area contributed by atoms with Crippen molar-refractivity contribution < 1.29 is 4.74 Å². The lowest BCUT2D eigenvalue weighted by Crippen LogP contribution is -1.61. The molecule has 0 radical (unpaired) electrons. The molecule has 0 bridgehead atoms. The maximum atomic E-state index is 4.69. The summed E-state index contributed by atoms with van der Waals surface area (Å²) in [5.41, 5.74) is 4.19. The van der Waals surface area contributed by atoms with Crippen LogP contribution in [0.15, 0.2) is 41.9 Å². The van der Waals surface area contributed by atoms with E-state index in [1.165, 1.54) is 5.57 Å². The minimum absolute atomic E-state index is 1.20. The molecule has 0 aromatic heterocycles. The van der Waals surface area contributed by atoms with Gasteiger partial charge in [-0.2, -0.15) is 0 Å². The lowest BCUT2D eigenvalue weighted by atomic mass is 10.3. The Morgan fingerprint density at radius 2 is 2.18 bits per heavy atom. The molecule has 11 heavy (non-hydrogen) atoms. The van der Waals surface area contributed by atoms with E-state index in [2.05, 4.69) is 5.73 Å². The van der Waals surface area contributed by atoms with E-state index in [9.17, 15) is 0 Å². The van der Waals surface area contributed by atoms with Crippen LogP contribution in [0.1, 0.15) is 13.8 Å². The molecule has 1 nitrogen and oxygen atoms in total. The summed E-state index contributed by atoms with van der Waals surface area (Å²) in [5.74, 6) is 0. The molecule has 0 atom stereocenters. The van der Waals surface area contributed by atoms with Gasteiger partial charge in [-0.05, 0) is 37.6 Å². The van der Waals surface area contributed by atoms with E-state index >= 15 is 0 Å². The number of methoxy groups -OCH3 is 1. The molecule has 1 heteroatoms. The van der Waals surface area contributed by atoms with Gasteiger partial charge in [0.1, 0.15) is 0 Å². The van der Waals surface area contributed by atoms with Crippen molar-refractivity contribution in [3.05, 3.63) is 41.9 Å². The first kappa shape index (κ1) is 9.80. The van der Waals surface area contributed by atoms with Crippen LogP contribution in [0.5, 0.6) is 0 Å². The Morgan fingerprint density at radius 1 is 1.45 bits per heavy atom. The molecule has 0 fully saturated rings. The molecule has 0 aromatic carbocycles. The van der Waals surface area contributed by atoms with Gasteiger partial charge >= 0.3 is 0 Å². The Morgan fingerprint density at radius 3 is 2.73 bits per heavy atom. The molecule has 0 unspecified atom stereocenters. The Balaban J connectivity index is 3.91. The van der Waals surface area contributed by atoms with E-state index in [-0.39, 0.29) is 0 Å². The largest absolute Gasteiger partial charge is 0.504 e. The monoisotopic (exact) mass is 150 g/mol. The summed E-state index contributed by atoms with van der Waals surface area (Å²) in [6.07, 6.45) is 9.14. The van der Waals surface area contributed by atoms with E-state index in [0.29, 0.717) is 0 Å². The van der Waals surface area contributed by atoms with E-state index in [1.807, 2.05) is 26.0 Å². The van der Waals surface area contributed by atoms with Crippen molar-refractivity contribution in [2.75, 3.05) is 7.11 Å². The van der Waals surface area contributed by atoms with E-state index in [0.717, 1.165) is 0 Å². The molecule has 0 aromatic rings. The predicted molar refractivity (Wildman–Crippen MR) is 48.2 cm³/mol. The highest BCUT2D eigenvalue weighted by molar-refractivity contribution is 5.15. The second-order valence-corrected chi connectivity index (χ2v) is 2.07. The van der Waals surface area contributed by atoms with Crippen LogP contribution in [0.4, 0.5) is 0 Å².